The van der Waals surface area contributed by atoms with Crippen LogP contribution < -0.4 is 10.1 Å². The van der Waals surface area contributed by atoms with Gasteiger partial charge in [0.2, 0.25) is 0 Å². The van der Waals surface area contributed by atoms with Gasteiger partial charge in [0, 0.05) is 18.0 Å². The van der Waals surface area contributed by atoms with Gasteiger partial charge in [0.05, 0.1) is 11.9 Å². The summed E-state index contributed by atoms with van der Waals surface area (Å²) in [6.45, 7) is 1.87. The molecule has 5 heteroatoms. The Morgan fingerprint density at radius 2 is 1.85 bits per heavy atom. The fourth-order valence-corrected chi connectivity index (χ4v) is 3.60. The molecular weight excluding hydrogens is 274 g/mol. The van der Waals surface area contributed by atoms with E-state index in [4.69, 9.17) is 4.74 Å². The van der Waals surface area contributed by atoms with E-state index in [2.05, 4.69) is 5.32 Å². The monoisotopic (exact) mass is 297 g/mol. The van der Waals surface area contributed by atoms with Gasteiger partial charge in [-0.25, -0.2) is 8.42 Å². The van der Waals surface area contributed by atoms with Gasteiger partial charge in [0.25, 0.3) is 0 Å². The van der Waals surface area contributed by atoms with E-state index in [0.717, 1.165) is 24.3 Å². The summed E-state index contributed by atoms with van der Waals surface area (Å²) in [6.07, 6.45) is 6.42. The van der Waals surface area contributed by atoms with Gasteiger partial charge in [-0.3, -0.25) is 0 Å². The molecule has 1 atom stereocenters. The molecule has 0 spiro atoms. The third-order valence-electron chi connectivity index (χ3n) is 3.43. The zero-order chi connectivity index (χ0) is 14.6. The van der Waals surface area contributed by atoms with Gasteiger partial charge in [-0.05, 0) is 56.9 Å². The predicted molar refractivity (Wildman–Crippen MR) is 82.1 cm³/mol. The fraction of sp³-hybridized carbons (Fsp3) is 0.600. The quantitative estimate of drug-likeness (QED) is 0.877. The number of nitrogens with one attached hydrogen (secondary N) is 1. The molecule has 20 heavy (non-hydrogen) atoms. The van der Waals surface area contributed by atoms with Crippen LogP contribution in [-0.2, 0) is 9.84 Å². The van der Waals surface area contributed by atoms with Crippen LogP contribution in [0.5, 0.6) is 5.75 Å². The number of sulfone groups is 1. The predicted octanol–water partition coefficient (Wildman–Crippen LogP) is 2.85. The van der Waals surface area contributed by atoms with E-state index in [1.54, 1.807) is 0 Å². The van der Waals surface area contributed by atoms with E-state index >= 15 is 0 Å². The molecule has 0 amide bonds. The Morgan fingerprint density at radius 1 is 1.25 bits per heavy atom. The summed E-state index contributed by atoms with van der Waals surface area (Å²) in [5.74, 6) is 1.02. The third-order valence-corrected chi connectivity index (χ3v) is 4.53. The van der Waals surface area contributed by atoms with Crippen molar-refractivity contribution in [3.63, 3.8) is 0 Å². The highest BCUT2D eigenvalue weighted by atomic mass is 32.2. The molecule has 0 bridgehead atoms. The minimum absolute atomic E-state index is 0.105. The van der Waals surface area contributed by atoms with E-state index in [0.29, 0.717) is 6.10 Å². The SMILES string of the molecule is CC(CS(C)(=O)=O)Nc1ccc(OC2CCCC2)cc1. The number of rotatable bonds is 6. The lowest BCUT2D eigenvalue weighted by Gasteiger charge is -2.16. The second-order valence-electron chi connectivity index (χ2n) is 5.69. The van der Waals surface area contributed by atoms with Crippen LogP contribution in [0.15, 0.2) is 24.3 Å². The fourth-order valence-electron chi connectivity index (χ4n) is 2.61. The van der Waals surface area contributed by atoms with Crippen LogP contribution in [0.4, 0.5) is 5.69 Å². The molecule has 1 N–H and O–H groups in total. The van der Waals surface area contributed by atoms with E-state index in [9.17, 15) is 8.42 Å². The molecule has 1 aromatic rings. The molecule has 1 aliphatic carbocycles. The van der Waals surface area contributed by atoms with E-state index in [1.807, 2.05) is 31.2 Å². The second-order valence-corrected chi connectivity index (χ2v) is 7.87. The van der Waals surface area contributed by atoms with Crippen LogP contribution >= 0.6 is 0 Å². The molecule has 1 aliphatic rings. The number of benzene rings is 1. The zero-order valence-corrected chi connectivity index (χ0v) is 12.9. The smallest absolute Gasteiger partial charge is 0.149 e. The average Bonchev–Trinajstić information content (AvgIpc) is 2.82. The van der Waals surface area contributed by atoms with Crippen molar-refractivity contribution in [3.8, 4) is 5.75 Å². The van der Waals surface area contributed by atoms with Crippen molar-refractivity contribution in [2.45, 2.75) is 44.8 Å². The van der Waals surface area contributed by atoms with Gasteiger partial charge in [0.15, 0.2) is 0 Å². The highest BCUT2D eigenvalue weighted by Crippen LogP contribution is 2.25. The summed E-state index contributed by atoms with van der Waals surface area (Å²) in [6, 6.07) is 7.64. The molecule has 0 aliphatic heterocycles. The molecule has 112 valence electrons. The highest BCUT2D eigenvalue weighted by molar-refractivity contribution is 7.90. The van der Waals surface area contributed by atoms with E-state index in [-0.39, 0.29) is 11.8 Å². The Labute approximate surface area is 121 Å². The minimum Gasteiger partial charge on any atom is -0.490 e. The lowest BCUT2D eigenvalue weighted by atomic mass is 10.2. The topological polar surface area (TPSA) is 55.4 Å². The van der Waals surface area contributed by atoms with Gasteiger partial charge in [-0.2, -0.15) is 0 Å². The van der Waals surface area contributed by atoms with Crippen molar-refractivity contribution in [1.29, 1.82) is 0 Å². The van der Waals surface area contributed by atoms with Crippen LogP contribution in [0.3, 0.4) is 0 Å². The Morgan fingerprint density at radius 3 is 2.40 bits per heavy atom. The molecule has 0 heterocycles. The van der Waals surface area contributed by atoms with Crippen LogP contribution in [0.2, 0.25) is 0 Å². The van der Waals surface area contributed by atoms with E-state index < -0.39 is 9.84 Å². The number of hydrogen-bond acceptors (Lipinski definition) is 4. The van der Waals surface area contributed by atoms with Crippen LogP contribution in [0.25, 0.3) is 0 Å². The first-order chi connectivity index (χ1) is 9.42. The van der Waals surface area contributed by atoms with Gasteiger partial charge in [0.1, 0.15) is 15.6 Å². The van der Waals surface area contributed by atoms with Crippen molar-refractivity contribution < 1.29 is 13.2 Å². The standard InChI is InChI=1S/C15H23NO3S/c1-12(11-20(2,17)18)16-13-7-9-15(10-8-13)19-14-5-3-4-6-14/h7-10,12,14,16H,3-6,11H2,1-2H3. The first kappa shape index (κ1) is 15.2. The molecule has 1 fully saturated rings. The Hall–Kier alpha value is -1.23. The maximum absolute atomic E-state index is 11.2. The van der Waals surface area contributed by atoms with Crippen molar-refractivity contribution in [2.75, 3.05) is 17.3 Å². The lowest BCUT2D eigenvalue weighted by Crippen LogP contribution is -2.24. The van der Waals surface area contributed by atoms with Crippen molar-refractivity contribution in [1.82, 2.24) is 0 Å². The van der Waals surface area contributed by atoms with Crippen LogP contribution in [0.1, 0.15) is 32.6 Å². The lowest BCUT2D eigenvalue weighted by molar-refractivity contribution is 0.210. The van der Waals surface area contributed by atoms with Crippen molar-refractivity contribution in [3.05, 3.63) is 24.3 Å². The Balaban J connectivity index is 1.87. The summed E-state index contributed by atoms with van der Waals surface area (Å²) in [4.78, 5) is 0. The van der Waals surface area contributed by atoms with Gasteiger partial charge in [-0.15, -0.1) is 0 Å². The van der Waals surface area contributed by atoms with Crippen molar-refractivity contribution in [2.24, 2.45) is 0 Å². The second kappa shape index (κ2) is 6.48. The van der Waals surface area contributed by atoms with Crippen molar-refractivity contribution >= 4 is 15.5 Å². The van der Waals surface area contributed by atoms with Gasteiger partial charge in [-0.1, -0.05) is 0 Å². The maximum Gasteiger partial charge on any atom is 0.149 e. The number of hydrogen-bond donors (Lipinski definition) is 1. The molecule has 2 rings (SSSR count). The zero-order valence-electron chi connectivity index (χ0n) is 12.1. The highest BCUT2D eigenvalue weighted by Gasteiger charge is 2.16. The molecule has 0 radical (unpaired) electrons. The molecule has 0 saturated heterocycles. The van der Waals surface area contributed by atoms with Gasteiger partial charge >= 0.3 is 0 Å². The molecule has 1 unspecified atom stereocenters. The van der Waals surface area contributed by atoms with Crippen LogP contribution in [-0.4, -0.2) is 32.6 Å². The number of anilines is 1. The average molecular weight is 297 g/mol. The Kier molecular flexibility index (Phi) is 4.91. The first-order valence-corrected chi connectivity index (χ1v) is 9.19. The Bertz CT molecular complexity index is 519. The molecular formula is C15H23NO3S. The normalized spacial score (nSPS) is 17.9. The summed E-state index contributed by atoms with van der Waals surface area (Å²) >= 11 is 0. The summed E-state index contributed by atoms with van der Waals surface area (Å²) < 4.78 is 28.3. The summed E-state index contributed by atoms with van der Waals surface area (Å²) in [5.41, 5.74) is 0.917. The minimum atomic E-state index is -2.95. The third kappa shape index (κ3) is 5.04. The largest absolute Gasteiger partial charge is 0.490 e. The molecule has 1 saturated carbocycles. The van der Waals surface area contributed by atoms with Crippen LogP contribution in [0, 0.1) is 0 Å². The summed E-state index contributed by atoms with van der Waals surface area (Å²) in [5, 5.41) is 3.18. The molecule has 1 aromatic carbocycles. The maximum atomic E-state index is 11.2. The number of ether oxygens (including phenoxy) is 1. The molecule has 4 nitrogen and oxygen atoms in total. The summed E-state index contributed by atoms with van der Waals surface area (Å²) in [7, 11) is -2.95. The van der Waals surface area contributed by atoms with E-state index in [1.165, 1.54) is 19.1 Å². The first-order valence-electron chi connectivity index (χ1n) is 7.13. The molecule has 0 aromatic heterocycles. The van der Waals surface area contributed by atoms with Gasteiger partial charge < -0.3 is 10.1 Å².